The Morgan fingerprint density at radius 1 is 1.17 bits per heavy atom. The molecular weight excluding hydrogens is 329 g/mol. The normalized spacial score (nSPS) is 13.8. The molecule has 0 fully saturated rings. The standard InChI is InChI=1S/C15H19F3N2O4/c1-4-23-12(21)14(15(16,17)18,20-13(22)24-10(2)3)19-11-8-6-5-7-9-11/h5-10,19H,4H2,1-3H3,(H,20,22). The van der Waals surface area contributed by atoms with Crippen LogP contribution in [-0.2, 0) is 14.3 Å². The van der Waals surface area contributed by atoms with Gasteiger partial charge in [-0.15, -0.1) is 0 Å². The molecule has 0 heterocycles. The van der Waals surface area contributed by atoms with Gasteiger partial charge in [-0.1, -0.05) is 18.2 Å². The fourth-order valence-corrected chi connectivity index (χ4v) is 1.76. The molecule has 0 aliphatic carbocycles. The van der Waals surface area contributed by atoms with Crippen LogP contribution < -0.4 is 10.6 Å². The van der Waals surface area contributed by atoms with E-state index in [1.807, 2.05) is 5.32 Å². The van der Waals surface area contributed by atoms with Gasteiger partial charge in [0.25, 0.3) is 0 Å². The van der Waals surface area contributed by atoms with Crippen LogP contribution in [0.3, 0.4) is 0 Å². The van der Waals surface area contributed by atoms with Crippen molar-refractivity contribution in [2.24, 2.45) is 0 Å². The van der Waals surface area contributed by atoms with E-state index in [0.29, 0.717) is 0 Å². The summed E-state index contributed by atoms with van der Waals surface area (Å²) in [6.07, 6.45) is -7.26. The lowest BCUT2D eigenvalue weighted by molar-refractivity contribution is -0.205. The fourth-order valence-electron chi connectivity index (χ4n) is 1.76. The zero-order valence-corrected chi connectivity index (χ0v) is 13.4. The molecule has 0 aliphatic rings. The van der Waals surface area contributed by atoms with Gasteiger partial charge in [-0.25, -0.2) is 9.59 Å². The van der Waals surface area contributed by atoms with Gasteiger partial charge in [0.15, 0.2) is 0 Å². The SMILES string of the molecule is CCOC(=O)C(NC(=O)OC(C)C)(Nc1ccccc1)C(F)(F)F. The lowest BCUT2D eigenvalue weighted by Crippen LogP contribution is -2.69. The average molecular weight is 348 g/mol. The van der Waals surface area contributed by atoms with Crippen molar-refractivity contribution < 1.29 is 32.2 Å². The Balaban J connectivity index is 3.28. The van der Waals surface area contributed by atoms with Crippen molar-refractivity contribution in [2.45, 2.75) is 38.7 Å². The Morgan fingerprint density at radius 3 is 2.21 bits per heavy atom. The monoisotopic (exact) mass is 348 g/mol. The number of halogens is 3. The molecule has 0 aliphatic heterocycles. The van der Waals surface area contributed by atoms with Gasteiger partial charge in [0.2, 0.25) is 0 Å². The maximum Gasteiger partial charge on any atom is 0.442 e. The lowest BCUT2D eigenvalue weighted by atomic mass is 10.1. The highest BCUT2D eigenvalue weighted by Crippen LogP contribution is 2.33. The van der Waals surface area contributed by atoms with E-state index in [4.69, 9.17) is 0 Å². The van der Waals surface area contributed by atoms with Gasteiger partial charge >= 0.3 is 23.9 Å². The van der Waals surface area contributed by atoms with Gasteiger partial charge < -0.3 is 14.8 Å². The zero-order valence-electron chi connectivity index (χ0n) is 13.4. The Hall–Kier alpha value is -2.45. The number of alkyl halides is 3. The van der Waals surface area contributed by atoms with E-state index in [2.05, 4.69) is 9.47 Å². The molecule has 1 unspecified atom stereocenters. The molecule has 0 radical (unpaired) electrons. The maximum absolute atomic E-state index is 13.7. The Kier molecular flexibility index (Phi) is 6.44. The average Bonchev–Trinajstić information content (AvgIpc) is 2.45. The van der Waals surface area contributed by atoms with Crippen molar-refractivity contribution in [2.75, 3.05) is 11.9 Å². The molecule has 0 spiro atoms. The van der Waals surface area contributed by atoms with Crippen LogP contribution in [0.1, 0.15) is 20.8 Å². The third-order valence-electron chi connectivity index (χ3n) is 2.74. The highest BCUT2D eigenvalue weighted by Gasteiger charge is 2.64. The van der Waals surface area contributed by atoms with E-state index in [9.17, 15) is 22.8 Å². The van der Waals surface area contributed by atoms with Crippen LogP contribution in [0.15, 0.2) is 30.3 Å². The highest BCUT2D eigenvalue weighted by molar-refractivity contribution is 5.89. The summed E-state index contributed by atoms with van der Waals surface area (Å²) in [6.45, 7) is 3.98. The summed E-state index contributed by atoms with van der Waals surface area (Å²) in [6, 6.07) is 7.16. The molecule has 9 heteroatoms. The van der Waals surface area contributed by atoms with Crippen LogP contribution >= 0.6 is 0 Å². The molecule has 1 amide bonds. The first kappa shape index (κ1) is 19.6. The summed E-state index contributed by atoms with van der Waals surface area (Å²) < 4.78 is 50.3. The van der Waals surface area contributed by atoms with Crippen molar-refractivity contribution in [3.63, 3.8) is 0 Å². The van der Waals surface area contributed by atoms with Crippen molar-refractivity contribution in [1.29, 1.82) is 0 Å². The molecule has 1 rings (SSSR count). The molecule has 1 aromatic carbocycles. The Bertz CT molecular complexity index is 564. The van der Waals surface area contributed by atoms with Gasteiger partial charge in [-0.3, -0.25) is 5.32 Å². The minimum Gasteiger partial charge on any atom is -0.463 e. The molecule has 0 aromatic heterocycles. The van der Waals surface area contributed by atoms with E-state index in [-0.39, 0.29) is 12.3 Å². The first-order chi connectivity index (χ1) is 11.1. The van der Waals surface area contributed by atoms with E-state index in [1.165, 1.54) is 45.0 Å². The summed E-state index contributed by atoms with van der Waals surface area (Å²) in [5.74, 6) is -1.69. The second kappa shape index (κ2) is 7.89. The van der Waals surface area contributed by atoms with Crippen molar-refractivity contribution >= 4 is 17.7 Å². The predicted octanol–water partition coefficient (Wildman–Crippen LogP) is 3.05. The van der Waals surface area contributed by atoms with Crippen molar-refractivity contribution in [1.82, 2.24) is 5.32 Å². The number of alkyl carbamates (subject to hydrolysis) is 1. The van der Waals surface area contributed by atoms with Crippen LogP contribution in [0.2, 0.25) is 0 Å². The first-order valence-corrected chi connectivity index (χ1v) is 7.18. The third kappa shape index (κ3) is 4.77. The van der Waals surface area contributed by atoms with E-state index < -0.39 is 30.0 Å². The Labute approximate surface area is 137 Å². The van der Waals surface area contributed by atoms with Crippen LogP contribution in [0.5, 0.6) is 0 Å². The fraction of sp³-hybridized carbons (Fsp3) is 0.467. The molecule has 0 saturated carbocycles. The van der Waals surface area contributed by atoms with Gasteiger partial charge in [0.1, 0.15) is 0 Å². The number of hydrogen-bond acceptors (Lipinski definition) is 5. The van der Waals surface area contributed by atoms with Gasteiger partial charge in [0.05, 0.1) is 12.7 Å². The molecule has 1 aromatic rings. The number of esters is 1. The number of amides is 1. The van der Waals surface area contributed by atoms with E-state index in [1.54, 1.807) is 11.4 Å². The number of nitrogens with one attached hydrogen (secondary N) is 2. The number of anilines is 1. The molecule has 1 atom stereocenters. The van der Waals surface area contributed by atoms with Gasteiger partial charge in [-0.2, -0.15) is 13.2 Å². The lowest BCUT2D eigenvalue weighted by Gasteiger charge is -2.35. The quantitative estimate of drug-likeness (QED) is 0.610. The summed E-state index contributed by atoms with van der Waals surface area (Å²) in [7, 11) is 0. The van der Waals surface area contributed by atoms with Crippen molar-refractivity contribution in [3.05, 3.63) is 30.3 Å². The summed E-state index contributed by atoms with van der Waals surface area (Å²) >= 11 is 0. The number of benzene rings is 1. The molecular formula is C15H19F3N2O4. The number of para-hydroxylation sites is 1. The van der Waals surface area contributed by atoms with Crippen molar-refractivity contribution in [3.8, 4) is 0 Å². The smallest absolute Gasteiger partial charge is 0.442 e. The van der Waals surface area contributed by atoms with Gasteiger partial charge in [-0.05, 0) is 32.9 Å². The minimum atomic E-state index is -5.19. The van der Waals surface area contributed by atoms with E-state index >= 15 is 0 Å². The minimum absolute atomic E-state index is 0.0345. The van der Waals surface area contributed by atoms with Gasteiger partial charge in [0, 0.05) is 5.69 Å². The van der Waals surface area contributed by atoms with Crippen LogP contribution in [0, 0.1) is 0 Å². The summed E-state index contributed by atoms with van der Waals surface area (Å²) in [5, 5.41) is 3.57. The third-order valence-corrected chi connectivity index (χ3v) is 2.74. The zero-order chi connectivity index (χ0) is 18.4. The molecule has 6 nitrogen and oxygen atoms in total. The number of hydrogen-bond donors (Lipinski definition) is 2. The highest BCUT2D eigenvalue weighted by atomic mass is 19.4. The number of rotatable bonds is 6. The van der Waals surface area contributed by atoms with E-state index in [0.717, 1.165) is 0 Å². The maximum atomic E-state index is 13.7. The molecule has 24 heavy (non-hydrogen) atoms. The van der Waals surface area contributed by atoms with Crippen LogP contribution in [-0.4, -0.2) is 36.6 Å². The molecule has 2 N–H and O–H groups in total. The summed E-state index contributed by atoms with van der Waals surface area (Å²) in [5.41, 5.74) is -3.51. The molecule has 134 valence electrons. The number of carbonyl (C=O) groups is 2. The van der Waals surface area contributed by atoms with Crippen LogP contribution in [0.4, 0.5) is 23.7 Å². The largest absolute Gasteiger partial charge is 0.463 e. The number of ether oxygens (including phenoxy) is 2. The summed E-state index contributed by atoms with van der Waals surface area (Å²) in [4.78, 5) is 23.8. The number of carbonyl (C=O) groups excluding carboxylic acids is 2. The topological polar surface area (TPSA) is 76.7 Å². The molecule has 0 bridgehead atoms. The second-order valence-electron chi connectivity index (χ2n) is 5.04. The predicted molar refractivity (Wildman–Crippen MR) is 80.2 cm³/mol. The molecule has 0 saturated heterocycles. The van der Waals surface area contributed by atoms with Crippen LogP contribution in [0.25, 0.3) is 0 Å². The second-order valence-corrected chi connectivity index (χ2v) is 5.04. The Morgan fingerprint density at radius 2 is 1.75 bits per heavy atom. The first-order valence-electron chi connectivity index (χ1n) is 7.18.